The number of ketones is 1. The van der Waals surface area contributed by atoms with Crippen LogP contribution in [0.3, 0.4) is 0 Å². The molecule has 194 valence electrons. The third-order valence-electron chi connectivity index (χ3n) is 6.47. The molecule has 1 atom stereocenters. The summed E-state index contributed by atoms with van der Waals surface area (Å²) in [7, 11) is 8.08. The predicted molar refractivity (Wildman–Crippen MR) is 127 cm³/mol. The van der Waals surface area contributed by atoms with Gasteiger partial charge in [-0.2, -0.15) is 0 Å². The average Bonchev–Trinajstić information content (AvgIpc) is 3.34. The van der Waals surface area contributed by atoms with Crippen molar-refractivity contribution in [3.8, 4) is 28.7 Å². The van der Waals surface area contributed by atoms with Gasteiger partial charge in [0.25, 0.3) is 0 Å². The van der Waals surface area contributed by atoms with Gasteiger partial charge in [-0.3, -0.25) is 4.79 Å². The van der Waals surface area contributed by atoms with E-state index in [2.05, 4.69) is 0 Å². The molecule has 0 bridgehead atoms. The standard InChI is InChI=1S/C26H30NO8.BrH/c1-27(14-22(29)32-4)11-10-18-19(13-27)24(33-5)26-25(34-15-35-26)23(18)20(28)8-6-16-12-17(30-2)7-9-21(16)31-3;/h6-9,12H,10-11,13-15H2,1-5H3;1H/q+1;/p-1/b8-6+;. The first-order valence-electron chi connectivity index (χ1n) is 11.2. The van der Waals surface area contributed by atoms with Crippen LogP contribution in [-0.4, -0.2) is 71.6 Å². The highest BCUT2D eigenvalue weighted by atomic mass is 79.9. The van der Waals surface area contributed by atoms with Gasteiger partial charge in [0.1, 0.15) is 18.0 Å². The minimum atomic E-state index is -0.290. The van der Waals surface area contributed by atoms with Gasteiger partial charge in [0, 0.05) is 12.0 Å². The van der Waals surface area contributed by atoms with Crippen LogP contribution < -0.4 is 40.7 Å². The van der Waals surface area contributed by atoms with Crippen LogP contribution in [0.2, 0.25) is 0 Å². The number of allylic oxidation sites excluding steroid dienone is 1. The molecular weight excluding hydrogens is 534 g/mol. The zero-order chi connectivity index (χ0) is 25.2. The van der Waals surface area contributed by atoms with Gasteiger partial charge >= 0.3 is 5.97 Å². The SMILES string of the molecule is COC(=O)C[N+]1(C)CCc2c(c(OC)c3c(c2C(=O)/C=C/c2cc(OC)ccc2OC)OCO3)C1.[Br-]. The molecule has 2 aromatic carbocycles. The van der Waals surface area contributed by atoms with E-state index in [9.17, 15) is 9.59 Å². The van der Waals surface area contributed by atoms with Crippen LogP contribution in [0.25, 0.3) is 6.08 Å². The second-order valence-electron chi connectivity index (χ2n) is 8.72. The largest absolute Gasteiger partial charge is 1.00 e. The number of likely N-dealkylation sites (N-methyl/N-ethyl adjacent to an activating group) is 1. The molecule has 0 fully saturated rings. The lowest BCUT2D eigenvalue weighted by Gasteiger charge is -2.38. The maximum atomic E-state index is 13.6. The van der Waals surface area contributed by atoms with E-state index in [1.165, 1.54) is 13.2 Å². The van der Waals surface area contributed by atoms with E-state index in [1.54, 1.807) is 45.6 Å². The number of ether oxygens (including phenoxy) is 6. The summed E-state index contributed by atoms with van der Waals surface area (Å²) in [5, 5.41) is 0. The summed E-state index contributed by atoms with van der Waals surface area (Å²) in [5.41, 5.74) is 2.85. The van der Waals surface area contributed by atoms with Crippen molar-refractivity contribution in [1.82, 2.24) is 0 Å². The number of fused-ring (bicyclic) bond motifs is 2. The molecule has 2 heterocycles. The smallest absolute Gasteiger partial charge is 0.361 e. The molecule has 0 saturated carbocycles. The quantitative estimate of drug-likeness (QED) is 0.192. The zero-order valence-corrected chi connectivity index (χ0v) is 22.6. The Kier molecular flexibility index (Phi) is 8.52. The summed E-state index contributed by atoms with van der Waals surface area (Å²) in [6.07, 6.45) is 3.76. The Morgan fingerprint density at radius 1 is 1.03 bits per heavy atom. The first-order chi connectivity index (χ1) is 16.8. The summed E-state index contributed by atoms with van der Waals surface area (Å²) < 4.78 is 33.2. The van der Waals surface area contributed by atoms with E-state index < -0.39 is 0 Å². The van der Waals surface area contributed by atoms with Gasteiger partial charge in [-0.15, -0.1) is 0 Å². The predicted octanol–water partition coefficient (Wildman–Crippen LogP) is 0.0169. The minimum Gasteiger partial charge on any atom is -1.00 e. The van der Waals surface area contributed by atoms with Crippen molar-refractivity contribution in [3.63, 3.8) is 0 Å². The molecule has 0 spiro atoms. The lowest BCUT2D eigenvalue weighted by Crippen LogP contribution is -3.00. The summed E-state index contributed by atoms with van der Waals surface area (Å²) in [6, 6.07) is 5.37. The van der Waals surface area contributed by atoms with Crippen molar-refractivity contribution < 1.29 is 59.5 Å². The number of hydrogen-bond acceptors (Lipinski definition) is 8. The number of nitrogens with zero attached hydrogens (tertiary/aromatic N) is 1. The van der Waals surface area contributed by atoms with Gasteiger partial charge in [-0.25, -0.2) is 4.79 Å². The first-order valence-corrected chi connectivity index (χ1v) is 11.2. The van der Waals surface area contributed by atoms with Crippen LogP contribution in [0.15, 0.2) is 24.3 Å². The highest BCUT2D eigenvalue weighted by molar-refractivity contribution is 6.11. The summed E-state index contributed by atoms with van der Waals surface area (Å²) in [4.78, 5) is 25.6. The molecule has 0 saturated heterocycles. The molecule has 0 radical (unpaired) electrons. The molecule has 0 aliphatic carbocycles. The normalized spacial score (nSPS) is 17.7. The van der Waals surface area contributed by atoms with E-state index >= 15 is 0 Å². The Balaban J connectivity index is 0.00000361. The van der Waals surface area contributed by atoms with Gasteiger partial charge < -0.3 is 49.9 Å². The van der Waals surface area contributed by atoms with E-state index in [4.69, 9.17) is 28.4 Å². The maximum absolute atomic E-state index is 13.6. The highest BCUT2D eigenvalue weighted by Crippen LogP contribution is 2.50. The molecule has 10 heteroatoms. The molecule has 36 heavy (non-hydrogen) atoms. The van der Waals surface area contributed by atoms with Crippen LogP contribution in [0.4, 0.5) is 0 Å². The molecular formula is C26H30BrNO8. The van der Waals surface area contributed by atoms with Crippen molar-refractivity contribution in [1.29, 1.82) is 0 Å². The van der Waals surface area contributed by atoms with Crippen molar-refractivity contribution >= 4 is 17.8 Å². The van der Waals surface area contributed by atoms with E-state index in [0.717, 1.165) is 11.1 Å². The van der Waals surface area contributed by atoms with Gasteiger partial charge in [0.2, 0.25) is 12.5 Å². The number of rotatable bonds is 8. The Hall–Kier alpha value is -3.24. The monoisotopic (exact) mass is 563 g/mol. The Labute approximate surface area is 220 Å². The van der Waals surface area contributed by atoms with Crippen molar-refractivity contribution in [2.75, 3.05) is 55.4 Å². The fourth-order valence-corrected chi connectivity index (χ4v) is 4.69. The topological polar surface area (TPSA) is 89.5 Å². The maximum Gasteiger partial charge on any atom is 0.361 e. The summed E-state index contributed by atoms with van der Waals surface area (Å²) >= 11 is 0. The van der Waals surface area contributed by atoms with Gasteiger partial charge in [-0.1, -0.05) is 0 Å². The van der Waals surface area contributed by atoms with Crippen molar-refractivity contribution in [2.24, 2.45) is 0 Å². The highest BCUT2D eigenvalue weighted by Gasteiger charge is 2.40. The Morgan fingerprint density at radius 2 is 1.78 bits per heavy atom. The Bertz CT molecular complexity index is 1200. The van der Waals surface area contributed by atoms with E-state index in [-0.39, 0.29) is 42.1 Å². The summed E-state index contributed by atoms with van der Waals surface area (Å²) in [6.45, 7) is 1.35. The van der Waals surface area contributed by atoms with E-state index in [0.29, 0.717) is 63.9 Å². The molecule has 0 N–H and O–H groups in total. The van der Waals surface area contributed by atoms with Crippen LogP contribution in [0.5, 0.6) is 28.7 Å². The van der Waals surface area contributed by atoms with Gasteiger partial charge in [-0.05, 0) is 35.9 Å². The fourth-order valence-electron chi connectivity index (χ4n) is 4.69. The van der Waals surface area contributed by atoms with Crippen LogP contribution in [0.1, 0.15) is 27.0 Å². The molecule has 1 unspecified atom stereocenters. The number of hydrogen-bond donors (Lipinski definition) is 0. The van der Waals surface area contributed by atoms with Gasteiger partial charge in [0.05, 0.1) is 53.2 Å². The van der Waals surface area contributed by atoms with E-state index in [1.807, 2.05) is 7.05 Å². The average molecular weight is 564 g/mol. The minimum absolute atomic E-state index is 0. The lowest BCUT2D eigenvalue weighted by atomic mass is 9.88. The number of halogens is 1. The van der Waals surface area contributed by atoms with Crippen LogP contribution in [-0.2, 0) is 22.5 Å². The number of carbonyl (C=O) groups is 2. The molecule has 2 aromatic rings. The number of benzene rings is 2. The third-order valence-corrected chi connectivity index (χ3v) is 6.47. The second kappa shape index (κ2) is 11.2. The number of methoxy groups -OCH3 is 4. The second-order valence-corrected chi connectivity index (χ2v) is 8.72. The van der Waals surface area contributed by atoms with Crippen molar-refractivity contribution in [2.45, 2.75) is 13.0 Å². The lowest BCUT2D eigenvalue weighted by molar-refractivity contribution is -0.917. The van der Waals surface area contributed by atoms with Gasteiger partial charge in [0.15, 0.2) is 23.8 Å². The molecule has 0 amide bonds. The molecule has 9 nitrogen and oxygen atoms in total. The molecule has 4 rings (SSSR count). The van der Waals surface area contributed by atoms with Crippen molar-refractivity contribution in [3.05, 3.63) is 46.5 Å². The first kappa shape index (κ1) is 27.3. The number of quaternary nitrogens is 1. The zero-order valence-electron chi connectivity index (χ0n) is 21.0. The third kappa shape index (κ3) is 5.15. The molecule has 0 aromatic heterocycles. The van der Waals surface area contributed by atoms with Crippen LogP contribution in [0, 0.1) is 0 Å². The molecule has 2 aliphatic heterocycles. The molecule has 2 aliphatic rings. The summed E-state index contributed by atoms with van der Waals surface area (Å²) in [5.74, 6) is 2.09. The Morgan fingerprint density at radius 3 is 2.44 bits per heavy atom. The number of esters is 1. The number of carbonyl (C=O) groups excluding carboxylic acids is 2. The fraction of sp³-hybridized carbons (Fsp3) is 0.385. The van der Waals surface area contributed by atoms with Crippen LogP contribution >= 0.6 is 0 Å².